The molecule has 0 atom stereocenters. The highest BCUT2D eigenvalue weighted by Crippen LogP contribution is 2.25. The Morgan fingerprint density at radius 2 is 2.05 bits per heavy atom. The number of rotatable bonds is 3. The molecule has 2 rings (SSSR count). The third-order valence-electron chi connectivity index (χ3n) is 3.55. The highest BCUT2D eigenvalue weighted by Gasteiger charge is 2.19. The van der Waals surface area contributed by atoms with E-state index < -0.39 is 16.8 Å². The van der Waals surface area contributed by atoms with Gasteiger partial charge in [-0.15, -0.1) is 0 Å². The van der Waals surface area contributed by atoms with Gasteiger partial charge in [-0.2, -0.15) is 0 Å². The number of carbonyl (C=O) groups is 1. The molecule has 1 aliphatic heterocycles. The van der Waals surface area contributed by atoms with Crippen LogP contribution in [0.4, 0.5) is 11.4 Å². The first-order valence-electron chi connectivity index (χ1n) is 6.61. The predicted molar refractivity (Wildman–Crippen MR) is 81.5 cm³/mol. The summed E-state index contributed by atoms with van der Waals surface area (Å²) in [4.78, 5) is 11.7. The van der Waals surface area contributed by atoms with Crippen LogP contribution in [0.15, 0.2) is 12.1 Å². The van der Waals surface area contributed by atoms with Crippen molar-refractivity contribution < 1.29 is 13.7 Å². The summed E-state index contributed by atoms with van der Waals surface area (Å²) in [6, 6.07) is 3.94. The minimum Gasteiger partial charge on any atom is -0.465 e. The van der Waals surface area contributed by atoms with E-state index in [0.29, 0.717) is 17.3 Å². The van der Waals surface area contributed by atoms with Gasteiger partial charge in [-0.3, -0.25) is 4.21 Å². The van der Waals surface area contributed by atoms with Crippen LogP contribution in [0, 0.1) is 6.92 Å². The zero-order valence-electron chi connectivity index (χ0n) is 11.8. The molecule has 6 heteroatoms. The second kappa shape index (κ2) is 6.26. The number of hydrogen-bond acceptors (Lipinski definition) is 5. The number of benzene rings is 1. The summed E-state index contributed by atoms with van der Waals surface area (Å²) in [6.45, 7) is 1.86. The summed E-state index contributed by atoms with van der Waals surface area (Å²) in [5, 5.41) is 3.39. The Hall–Kier alpha value is -1.56. The number of nitrogens with two attached hydrogens (primary N) is 1. The molecule has 1 aromatic carbocycles. The van der Waals surface area contributed by atoms with E-state index in [2.05, 4.69) is 5.32 Å². The number of hydrogen-bond donors (Lipinski definition) is 2. The molecule has 0 radical (unpaired) electrons. The van der Waals surface area contributed by atoms with Crippen LogP contribution in [0.3, 0.4) is 0 Å². The van der Waals surface area contributed by atoms with Crippen LogP contribution >= 0.6 is 0 Å². The largest absolute Gasteiger partial charge is 0.465 e. The van der Waals surface area contributed by atoms with Gasteiger partial charge in [0.25, 0.3) is 0 Å². The number of esters is 1. The zero-order valence-corrected chi connectivity index (χ0v) is 12.6. The van der Waals surface area contributed by atoms with Crippen LogP contribution in [-0.4, -0.2) is 34.8 Å². The molecule has 3 N–H and O–H groups in total. The summed E-state index contributed by atoms with van der Waals surface area (Å²) in [7, 11) is 0.667. The van der Waals surface area contributed by atoms with Crippen molar-refractivity contribution >= 4 is 28.1 Å². The van der Waals surface area contributed by atoms with Crippen molar-refractivity contribution in [1.29, 1.82) is 0 Å². The Balaban J connectivity index is 2.18. The highest BCUT2D eigenvalue weighted by atomic mass is 32.2. The van der Waals surface area contributed by atoms with Crippen molar-refractivity contribution in [2.75, 3.05) is 29.7 Å². The maximum atomic E-state index is 11.7. The van der Waals surface area contributed by atoms with E-state index in [4.69, 9.17) is 10.5 Å². The maximum absolute atomic E-state index is 11.7. The van der Waals surface area contributed by atoms with Crippen molar-refractivity contribution in [2.45, 2.75) is 25.8 Å². The Morgan fingerprint density at radius 1 is 1.40 bits per heavy atom. The lowest BCUT2D eigenvalue weighted by Crippen LogP contribution is -2.29. The van der Waals surface area contributed by atoms with Crippen LogP contribution in [0.25, 0.3) is 0 Å². The lowest BCUT2D eigenvalue weighted by atomic mass is 10.1. The smallest absolute Gasteiger partial charge is 0.340 e. The Bertz CT molecular complexity index is 535. The number of ether oxygens (including phenoxy) is 1. The van der Waals surface area contributed by atoms with Crippen molar-refractivity contribution in [1.82, 2.24) is 0 Å². The van der Waals surface area contributed by atoms with Gasteiger partial charge in [-0.25, -0.2) is 4.79 Å². The second-order valence-electron chi connectivity index (χ2n) is 5.01. The summed E-state index contributed by atoms with van der Waals surface area (Å²) in [6.07, 6.45) is 1.76. The fourth-order valence-electron chi connectivity index (χ4n) is 2.33. The van der Waals surface area contributed by atoms with Crippen molar-refractivity contribution in [3.8, 4) is 0 Å². The number of carbonyl (C=O) groups excluding carboxylic acids is 1. The molecule has 20 heavy (non-hydrogen) atoms. The van der Waals surface area contributed by atoms with Gasteiger partial charge in [0, 0.05) is 39.7 Å². The molecule has 0 bridgehead atoms. The van der Waals surface area contributed by atoms with E-state index in [0.717, 1.165) is 35.6 Å². The van der Waals surface area contributed by atoms with Gasteiger partial charge in [-0.05, 0) is 37.5 Å². The molecule has 0 aromatic heterocycles. The maximum Gasteiger partial charge on any atom is 0.340 e. The van der Waals surface area contributed by atoms with Gasteiger partial charge < -0.3 is 15.8 Å². The topological polar surface area (TPSA) is 81.4 Å². The van der Waals surface area contributed by atoms with Gasteiger partial charge in [0.2, 0.25) is 0 Å². The van der Waals surface area contributed by atoms with E-state index in [-0.39, 0.29) is 0 Å². The van der Waals surface area contributed by atoms with Crippen LogP contribution in [0.5, 0.6) is 0 Å². The first kappa shape index (κ1) is 14.8. The molecule has 1 heterocycles. The molecule has 110 valence electrons. The molecule has 0 spiro atoms. The minimum absolute atomic E-state index is 0.293. The first-order valence-corrected chi connectivity index (χ1v) is 8.10. The van der Waals surface area contributed by atoms with Crippen molar-refractivity contribution in [3.05, 3.63) is 23.3 Å². The molecule has 0 unspecified atom stereocenters. The summed E-state index contributed by atoms with van der Waals surface area (Å²) >= 11 is 0. The molecular weight excluding hydrogens is 276 g/mol. The number of anilines is 2. The molecule has 0 saturated carbocycles. The molecule has 1 aromatic rings. The van der Waals surface area contributed by atoms with Crippen LogP contribution in [0.2, 0.25) is 0 Å². The Kier molecular flexibility index (Phi) is 4.65. The lowest BCUT2D eigenvalue weighted by Gasteiger charge is -2.24. The highest BCUT2D eigenvalue weighted by molar-refractivity contribution is 7.85. The standard InChI is InChI=1S/C14H20N2O3S/c1-9-7-11(8-12(13(9)15)14(17)19-2)16-10-3-5-20(18)6-4-10/h7-8,10,16H,3-6,15H2,1-2H3. The van der Waals surface area contributed by atoms with Gasteiger partial charge in [0.1, 0.15) is 0 Å². The normalized spacial score (nSPS) is 22.3. The SMILES string of the molecule is COC(=O)c1cc(NC2CCS(=O)CC2)cc(C)c1N. The monoisotopic (exact) mass is 296 g/mol. The van der Waals surface area contributed by atoms with Gasteiger partial charge >= 0.3 is 5.97 Å². The zero-order chi connectivity index (χ0) is 14.7. The molecule has 5 nitrogen and oxygen atoms in total. The minimum atomic E-state index is -0.674. The van der Waals surface area contributed by atoms with Gasteiger partial charge in [0.05, 0.1) is 12.7 Å². The average Bonchev–Trinajstić information content (AvgIpc) is 2.44. The number of aryl methyl sites for hydroxylation is 1. The fourth-order valence-corrected chi connectivity index (χ4v) is 3.63. The molecule has 1 aliphatic rings. The molecular formula is C14H20N2O3S. The average molecular weight is 296 g/mol. The van der Waals surface area contributed by atoms with Crippen LogP contribution in [0.1, 0.15) is 28.8 Å². The van der Waals surface area contributed by atoms with E-state index in [1.807, 2.05) is 13.0 Å². The predicted octanol–water partition coefficient (Wildman–Crippen LogP) is 1.69. The molecule has 1 fully saturated rings. The number of nitrogens with one attached hydrogen (secondary N) is 1. The third kappa shape index (κ3) is 3.30. The molecule has 0 amide bonds. The van der Waals surface area contributed by atoms with E-state index >= 15 is 0 Å². The molecule has 1 saturated heterocycles. The lowest BCUT2D eigenvalue weighted by molar-refractivity contribution is 0.0602. The second-order valence-corrected chi connectivity index (χ2v) is 6.71. The van der Waals surface area contributed by atoms with Crippen molar-refractivity contribution in [2.24, 2.45) is 0 Å². The van der Waals surface area contributed by atoms with E-state index in [1.54, 1.807) is 6.07 Å². The van der Waals surface area contributed by atoms with Crippen LogP contribution in [-0.2, 0) is 15.5 Å². The van der Waals surface area contributed by atoms with E-state index in [9.17, 15) is 9.00 Å². The molecule has 0 aliphatic carbocycles. The number of nitrogen functional groups attached to an aromatic ring is 1. The fraction of sp³-hybridized carbons (Fsp3) is 0.500. The first-order chi connectivity index (χ1) is 9.51. The third-order valence-corrected chi connectivity index (χ3v) is 4.93. The summed E-state index contributed by atoms with van der Waals surface area (Å²) in [5.41, 5.74) is 8.44. The van der Waals surface area contributed by atoms with Gasteiger partial charge in [0.15, 0.2) is 0 Å². The summed E-state index contributed by atoms with van der Waals surface area (Å²) in [5.74, 6) is 1.03. The number of methoxy groups -OCH3 is 1. The van der Waals surface area contributed by atoms with Crippen LogP contribution < -0.4 is 11.1 Å². The van der Waals surface area contributed by atoms with E-state index in [1.165, 1.54) is 7.11 Å². The Labute approximate surface area is 121 Å². The van der Waals surface area contributed by atoms with Gasteiger partial charge in [-0.1, -0.05) is 0 Å². The Morgan fingerprint density at radius 3 is 2.65 bits per heavy atom. The quantitative estimate of drug-likeness (QED) is 0.655. The summed E-state index contributed by atoms with van der Waals surface area (Å²) < 4.78 is 16.1. The van der Waals surface area contributed by atoms with Crippen molar-refractivity contribution in [3.63, 3.8) is 0 Å².